The van der Waals surface area contributed by atoms with Gasteiger partial charge in [-0.15, -0.1) is 0 Å². The van der Waals surface area contributed by atoms with Crippen LogP contribution >= 0.6 is 0 Å². The Hall–Kier alpha value is -2.08. The van der Waals surface area contributed by atoms with Crippen molar-refractivity contribution in [2.24, 2.45) is 5.73 Å². The maximum absolute atomic E-state index is 11.6. The van der Waals surface area contributed by atoms with Crippen LogP contribution in [-0.4, -0.2) is 28.4 Å². The minimum atomic E-state index is -0.519. The number of alkyl carbamates (subject to hydrolysis) is 1. The molecule has 1 aromatic carbocycles. The van der Waals surface area contributed by atoms with Gasteiger partial charge in [0.15, 0.2) is 0 Å². The summed E-state index contributed by atoms with van der Waals surface area (Å²) in [6.07, 6.45) is -0.475. The number of H-pyrrole nitrogens is 1. The summed E-state index contributed by atoms with van der Waals surface area (Å²) in [6.45, 7) is 5.72. The van der Waals surface area contributed by atoms with Crippen LogP contribution < -0.4 is 11.1 Å². The first-order valence-electron chi connectivity index (χ1n) is 6.52. The Kier molecular flexibility index (Phi) is 3.94. The van der Waals surface area contributed by atoms with Crippen LogP contribution in [-0.2, 0) is 4.74 Å². The van der Waals surface area contributed by atoms with Gasteiger partial charge in [-0.1, -0.05) is 18.2 Å². The van der Waals surface area contributed by atoms with Crippen LogP contribution in [0.25, 0.3) is 10.9 Å². The number of amides is 1. The Bertz CT molecular complexity index is 600. The molecule has 0 fully saturated rings. The Labute approximate surface area is 117 Å². The van der Waals surface area contributed by atoms with Gasteiger partial charge < -0.3 is 15.8 Å². The highest BCUT2D eigenvalue weighted by atomic mass is 16.6. The standard InChI is InChI=1S/C14H20N4O2/c1-14(2,3)20-13(19)16-8-10(15)12-9-6-4-5-7-11(9)17-18-12/h4-7,10H,8,15H2,1-3H3,(H,16,19)(H,17,18). The Morgan fingerprint density at radius 3 is 2.85 bits per heavy atom. The molecule has 0 saturated carbocycles. The lowest BCUT2D eigenvalue weighted by Crippen LogP contribution is -2.36. The third-order valence-electron chi connectivity index (χ3n) is 2.73. The fraction of sp³-hybridized carbons (Fsp3) is 0.429. The van der Waals surface area contributed by atoms with Crippen LogP contribution in [0.2, 0.25) is 0 Å². The molecule has 1 atom stereocenters. The topological polar surface area (TPSA) is 93.0 Å². The first-order chi connectivity index (χ1) is 9.37. The Balaban J connectivity index is 1.99. The summed E-state index contributed by atoms with van der Waals surface area (Å²) in [4.78, 5) is 11.6. The number of fused-ring (bicyclic) bond motifs is 1. The molecule has 0 spiro atoms. The lowest BCUT2D eigenvalue weighted by Gasteiger charge is -2.20. The van der Waals surface area contributed by atoms with Gasteiger partial charge in [0.25, 0.3) is 0 Å². The minimum absolute atomic E-state index is 0.279. The minimum Gasteiger partial charge on any atom is -0.444 e. The molecule has 1 aromatic heterocycles. The lowest BCUT2D eigenvalue weighted by molar-refractivity contribution is 0.0524. The van der Waals surface area contributed by atoms with Gasteiger partial charge in [0.2, 0.25) is 0 Å². The zero-order valence-corrected chi connectivity index (χ0v) is 11.9. The summed E-state index contributed by atoms with van der Waals surface area (Å²) >= 11 is 0. The molecule has 0 aliphatic rings. The molecule has 2 aromatic rings. The highest BCUT2D eigenvalue weighted by molar-refractivity contribution is 5.81. The van der Waals surface area contributed by atoms with Gasteiger partial charge in [-0.2, -0.15) is 5.10 Å². The maximum atomic E-state index is 11.6. The van der Waals surface area contributed by atoms with Crippen molar-refractivity contribution in [3.8, 4) is 0 Å². The molecule has 20 heavy (non-hydrogen) atoms. The van der Waals surface area contributed by atoms with E-state index in [1.54, 1.807) is 0 Å². The first kappa shape index (κ1) is 14.3. The van der Waals surface area contributed by atoms with Gasteiger partial charge in [0.05, 0.1) is 17.3 Å². The number of carbonyl (C=O) groups is 1. The number of hydrogen-bond acceptors (Lipinski definition) is 4. The third-order valence-corrected chi connectivity index (χ3v) is 2.73. The van der Waals surface area contributed by atoms with Crippen molar-refractivity contribution in [2.45, 2.75) is 32.4 Å². The van der Waals surface area contributed by atoms with Crippen LogP contribution in [0.1, 0.15) is 32.5 Å². The second-order valence-electron chi connectivity index (χ2n) is 5.64. The van der Waals surface area contributed by atoms with Gasteiger partial charge in [0, 0.05) is 11.9 Å². The molecule has 6 nitrogen and oxygen atoms in total. The van der Waals surface area contributed by atoms with Gasteiger partial charge in [-0.25, -0.2) is 4.79 Å². The monoisotopic (exact) mass is 276 g/mol. The maximum Gasteiger partial charge on any atom is 0.407 e. The smallest absolute Gasteiger partial charge is 0.407 e. The molecule has 2 rings (SSSR count). The largest absolute Gasteiger partial charge is 0.444 e. The number of nitrogens with two attached hydrogens (primary N) is 1. The van der Waals surface area contributed by atoms with E-state index in [0.717, 1.165) is 16.6 Å². The summed E-state index contributed by atoms with van der Waals surface area (Å²) < 4.78 is 5.16. The number of aromatic nitrogens is 2. The van der Waals surface area contributed by atoms with Gasteiger partial charge in [-0.05, 0) is 26.8 Å². The lowest BCUT2D eigenvalue weighted by atomic mass is 10.1. The zero-order valence-electron chi connectivity index (χ0n) is 11.9. The predicted molar refractivity (Wildman–Crippen MR) is 77.3 cm³/mol. The molecule has 0 bridgehead atoms. The Morgan fingerprint density at radius 2 is 2.15 bits per heavy atom. The number of rotatable bonds is 3. The van der Waals surface area contributed by atoms with E-state index in [2.05, 4.69) is 15.5 Å². The van der Waals surface area contributed by atoms with E-state index in [4.69, 9.17) is 10.5 Å². The normalized spacial score (nSPS) is 13.2. The van der Waals surface area contributed by atoms with Crippen LogP contribution in [0.4, 0.5) is 4.79 Å². The highest BCUT2D eigenvalue weighted by Crippen LogP contribution is 2.19. The second kappa shape index (κ2) is 5.50. The summed E-state index contributed by atoms with van der Waals surface area (Å²) in [5.41, 5.74) is 7.22. The predicted octanol–water partition coefficient (Wildman–Crippen LogP) is 2.09. The zero-order chi connectivity index (χ0) is 14.8. The summed E-state index contributed by atoms with van der Waals surface area (Å²) in [5.74, 6) is 0. The highest BCUT2D eigenvalue weighted by Gasteiger charge is 2.18. The summed E-state index contributed by atoms with van der Waals surface area (Å²) in [5, 5.41) is 10.7. The number of ether oxygens (including phenoxy) is 1. The molecular formula is C14H20N4O2. The van der Waals surface area contributed by atoms with E-state index >= 15 is 0 Å². The van der Waals surface area contributed by atoms with Crippen molar-refractivity contribution >= 4 is 17.0 Å². The summed E-state index contributed by atoms with van der Waals surface area (Å²) in [6, 6.07) is 7.33. The molecule has 0 aliphatic carbocycles. The molecule has 0 saturated heterocycles. The van der Waals surface area contributed by atoms with Crippen molar-refractivity contribution in [3.05, 3.63) is 30.0 Å². The number of hydrogen-bond donors (Lipinski definition) is 3. The second-order valence-corrected chi connectivity index (χ2v) is 5.64. The van der Waals surface area contributed by atoms with E-state index in [1.165, 1.54) is 0 Å². The van der Waals surface area contributed by atoms with Crippen molar-refractivity contribution in [1.29, 1.82) is 0 Å². The van der Waals surface area contributed by atoms with Gasteiger partial charge in [0.1, 0.15) is 5.60 Å². The van der Waals surface area contributed by atoms with Crippen LogP contribution in [0, 0.1) is 0 Å². The molecule has 1 amide bonds. The number of nitrogens with one attached hydrogen (secondary N) is 2. The molecular weight excluding hydrogens is 256 g/mol. The first-order valence-corrected chi connectivity index (χ1v) is 6.52. The number of nitrogens with zero attached hydrogens (tertiary/aromatic N) is 1. The average Bonchev–Trinajstić information content (AvgIpc) is 2.78. The summed E-state index contributed by atoms with van der Waals surface area (Å²) in [7, 11) is 0. The fourth-order valence-electron chi connectivity index (χ4n) is 1.87. The SMILES string of the molecule is CC(C)(C)OC(=O)NCC(N)c1[nH]nc2ccccc12. The average molecular weight is 276 g/mol. The van der Waals surface area contributed by atoms with E-state index in [9.17, 15) is 4.79 Å². The number of benzene rings is 1. The van der Waals surface area contributed by atoms with Crippen molar-refractivity contribution < 1.29 is 9.53 Å². The molecule has 1 unspecified atom stereocenters. The van der Waals surface area contributed by atoms with Gasteiger partial charge >= 0.3 is 6.09 Å². The molecule has 4 N–H and O–H groups in total. The van der Waals surface area contributed by atoms with Crippen molar-refractivity contribution in [2.75, 3.05) is 6.54 Å². The third kappa shape index (κ3) is 3.48. The number of carbonyl (C=O) groups excluding carboxylic acids is 1. The van der Waals surface area contributed by atoms with E-state index in [0.29, 0.717) is 0 Å². The molecule has 6 heteroatoms. The van der Waals surface area contributed by atoms with Crippen molar-refractivity contribution in [1.82, 2.24) is 15.5 Å². The fourth-order valence-corrected chi connectivity index (χ4v) is 1.87. The molecule has 108 valence electrons. The van der Waals surface area contributed by atoms with Crippen molar-refractivity contribution in [3.63, 3.8) is 0 Å². The molecule has 1 heterocycles. The molecule has 0 aliphatic heterocycles. The van der Waals surface area contributed by atoms with E-state index < -0.39 is 11.7 Å². The quantitative estimate of drug-likeness (QED) is 0.800. The Morgan fingerprint density at radius 1 is 1.45 bits per heavy atom. The van der Waals surface area contributed by atoms with Crippen LogP contribution in [0.5, 0.6) is 0 Å². The van der Waals surface area contributed by atoms with E-state index in [-0.39, 0.29) is 12.6 Å². The number of aromatic amines is 1. The molecule has 0 radical (unpaired) electrons. The number of para-hydroxylation sites is 1. The van der Waals surface area contributed by atoms with E-state index in [1.807, 2.05) is 45.0 Å². The van der Waals surface area contributed by atoms with Crippen LogP contribution in [0.3, 0.4) is 0 Å². The van der Waals surface area contributed by atoms with Crippen LogP contribution in [0.15, 0.2) is 24.3 Å². The van der Waals surface area contributed by atoms with Gasteiger partial charge in [-0.3, -0.25) is 5.10 Å².